The number of hydrogen-bond acceptors (Lipinski definition) is 1. The number of amidine groups is 1. The van der Waals surface area contributed by atoms with Gasteiger partial charge in [-0.1, -0.05) is 33.9 Å². The van der Waals surface area contributed by atoms with Crippen molar-refractivity contribution in [1.29, 1.82) is 0 Å². The first kappa shape index (κ1) is 13.9. The van der Waals surface area contributed by atoms with Crippen LogP contribution in [0.25, 0.3) is 0 Å². The van der Waals surface area contributed by atoms with Crippen LogP contribution in [0, 0.1) is 5.41 Å². The van der Waals surface area contributed by atoms with Crippen LogP contribution in [0.1, 0.15) is 41.5 Å². The molecule has 0 N–H and O–H groups in total. The molecule has 0 fully saturated rings. The highest BCUT2D eigenvalue weighted by atomic mass is 15.2. The lowest BCUT2D eigenvalue weighted by molar-refractivity contribution is 0.287. The highest BCUT2D eigenvalue weighted by Crippen LogP contribution is 2.25. The summed E-state index contributed by atoms with van der Waals surface area (Å²) in [6.45, 7) is 20.3. The van der Waals surface area contributed by atoms with Crippen molar-refractivity contribution in [3.05, 3.63) is 25.6 Å². The van der Waals surface area contributed by atoms with Gasteiger partial charge in [0, 0.05) is 17.2 Å². The first-order valence-electron chi connectivity index (χ1n) is 5.25. The fourth-order valence-electron chi connectivity index (χ4n) is 1.38. The summed E-state index contributed by atoms with van der Waals surface area (Å²) in [6.07, 6.45) is 3.41. The standard InChI is InChI=1S/C13H24N2/c1-9-14-11(12(3,4)5)15(10-2)13(6,7)8/h9-10H,1-2H2,3-8H3/b14-11-. The minimum Gasteiger partial charge on any atom is -0.331 e. The van der Waals surface area contributed by atoms with Gasteiger partial charge in [-0.25, -0.2) is 4.99 Å². The van der Waals surface area contributed by atoms with Crippen molar-refractivity contribution in [3.8, 4) is 0 Å². The molecule has 0 aromatic rings. The molecular weight excluding hydrogens is 184 g/mol. The Morgan fingerprint density at radius 1 is 1.07 bits per heavy atom. The summed E-state index contributed by atoms with van der Waals surface area (Å²) >= 11 is 0. The van der Waals surface area contributed by atoms with E-state index in [1.54, 1.807) is 6.20 Å². The van der Waals surface area contributed by atoms with Crippen LogP contribution in [-0.2, 0) is 0 Å². The molecule has 0 spiro atoms. The number of rotatable bonds is 2. The van der Waals surface area contributed by atoms with Gasteiger partial charge in [-0.2, -0.15) is 0 Å². The molecule has 0 saturated carbocycles. The molecular formula is C13H24N2. The van der Waals surface area contributed by atoms with Crippen molar-refractivity contribution in [2.24, 2.45) is 10.4 Å². The Labute approximate surface area is 94.4 Å². The zero-order chi connectivity index (χ0) is 12.3. The maximum absolute atomic E-state index is 4.37. The molecule has 0 heterocycles. The van der Waals surface area contributed by atoms with Gasteiger partial charge in [-0.3, -0.25) is 0 Å². The third-order valence-electron chi connectivity index (χ3n) is 2.02. The van der Waals surface area contributed by atoms with Crippen molar-refractivity contribution in [1.82, 2.24) is 4.90 Å². The third-order valence-corrected chi connectivity index (χ3v) is 2.02. The molecule has 0 amide bonds. The molecule has 2 nitrogen and oxygen atoms in total. The van der Waals surface area contributed by atoms with Crippen molar-refractivity contribution < 1.29 is 0 Å². The Hall–Kier alpha value is -1.05. The van der Waals surface area contributed by atoms with E-state index in [4.69, 9.17) is 0 Å². The topological polar surface area (TPSA) is 15.6 Å². The van der Waals surface area contributed by atoms with Gasteiger partial charge in [0.05, 0.1) is 0 Å². The molecule has 0 saturated heterocycles. The van der Waals surface area contributed by atoms with Crippen LogP contribution in [-0.4, -0.2) is 16.3 Å². The summed E-state index contributed by atoms with van der Waals surface area (Å²) in [6, 6.07) is 0. The van der Waals surface area contributed by atoms with Gasteiger partial charge in [0.25, 0.3) is 0 Å². The fraction of sp³-hybridized carbons (Fsp3) is 0.615. The van der Waals surface area contributed by atoms with Crippen LogP contribution in [0.3, 0.4) is 0 Å². The highest BCUT2D eigenvalue weighted by Gasteiger charge is 2.29. The van der Waals surface area contributed by atoms with Crippen LogP contribution in [0.5, 0.6) is 0 Å². The molecule has 0 aromatic heterocycles. The van der Waals surface area contributed by atoms with E-state index in [0.717, 1.165) is 5.84 Å². The molecule has 2 heteroatoms. The second kappa shape index (κ2) is 4.65. The van der Waals surface area contributed by atoms with Gasteiger partial charge in [-0.05, 0) is 27.0 Å². The van der Waals surface area contributed by atoms with Crippen molar-refractivity contribution in [2.45, 2.75) is 47.1 Å². The second-order valence-corrected chi connectivity index (χ2v) is 5.61. The summed E-state index contributed by atoms with van der Waals surface area (Å²) in [4.78, 5) is 6.46. The Morgan fingerprint density at radius 2 is 1.53 bits per heavy atom. The van der Waals surface area contributed by atoms with Crippen molar-refractivity contribution >= 4 is 5.84 Å². The number of aliphatic imine (C=N–C) groups is 1. The molecule has 0 unspecified atom stereocenters. The molecule has 0 atom stereocenters. The molecule has 15 heavy (non-hydrogen) atoms. The van der Waals surface area contributed by atoms with Crippen molar-refractivity contribution in [3.63, 3.8) is 0 Å². The van der Waals surface area contributed by atoms with Gasteiger partial charge >= 0.3 is 0 Å². The van der Waals surface area contributed by atoms with E-state index >= 15 is 0 Å². The van der Waals surface area contributed by atoms with Gasteiger partial charge in [0.1, 0.15) is 5.84 Å². The number of hydrogen-bond donors (Lipinski definition) is 0. The zero-order valence-electron chi connectivity index (χ0n) is 11.0. The van der Waals surface area contributed by atoms with E-state index in [9.17, 15) is 0 Å². The lowest BCUT2D eigenvalue weighted by Crippen LogP contribution is -2.46. The van der Waals surface area contributed by atoms with E-state index in [1.807, 2.05) is 6.20 Å². The minimum atomic E-state index is -0.0182. The maximum Gasteiger partial charge on any atom is 0.114 e. The molecule has 0 aromatic carbocycles. The smallest absolute Gasteiger partial charge is 0.114 e. The summed E-state index contributed by atoms with van der Waals surface area (Å²) in [5, 5.41) is 0. The summed E-state index contributed by atoms with van der Waals surface area (Å²) in [7, 11) is 0. The van der Waals surface area contributed by atoms with Gasteiger partial charge in [0.15, 0.2) is 0 Å². The molecule has 0 aliphatic rings. The quantitative estimate of drug-likeness (QED) is 0.497. The summed E-state index contributed by atoms with van der Waals surface area (Å²) in [5.74, 6) is 0.986. The Morgan fingerprint density at radius 3 is 1.73 bits per heavy atom. The predicted molar refractivity (Wildman–Crippen MR) is 68.9 cm³/mol. The average molecular weight is 208 g/mol. The second-order valence-electron chi connectivity index (χ2n) is 5.61. The van der Waals surface area contributed by atoms with Gasteiger partial charge in [0.2, 0.25) is 0 Å². The average Bonchev–Trinajstić information content (AvgIpc) is 2.00. The molecule has 0 aliphatic carbocycles. The van der Waals surface area contributed by atoms with E-state index in [0.29, 0.717) is 0 Å². The molecule has 86 valence electrons. The summed E-state index contributed by atoms with van der Waals surface area (Å²) in [5.41, 5.74) is -0.0352. The van der Waals surface area contributed by atoms with E-state index in [2.05, 4.69) is 64.6 Å². The zero-order valence-corrected chi connectivity index (χ0v) is 11.0. The van der Waals surface area contributed by atoms with E-state index in [1.165, 1.54) is 0 Å². The van der Waals surface area contributed by atoms with E-state index in [-0.39, 0.29) is 11.0 Å². The van der Waals surface area contributed by atoms with Crippen LogP contribution >= 0.6 is 0 Å². The number of nitrogens with zero attached hydrogens (tertiary/aromatic N) is 2. The largest absolute Gasteiger partial charge is 0.331 e. The third kappa shape index (κ3) is 3.90. The Bertz CT molecular complexity index is 261. The minimum absolute atomic E-state index is 0.0170. The molecule has 0 rings (SSSR count). The van der Waals surface area contributed by atoms with Crippen molar-refractivity contribution in [2.75, 3.05) is 0 Å². The fourth-order valence-corrected chi connectivity index (χ4v) is 1.38. The van der Waals surface area contributed by atoms with Crippen LogP contribution < -0.4 is 0 Å². The maximum atomic E-state index is 4.37. The molecule has 0 bridgehead atoms. The normalized spacial score (nSPS) is 13.6. The Balaban J connectivity index is 5.34. The molecule has 0 aliphatic heterocycles. The predicted octanol–water partition coefficient (Wildman–Crippen LogP) is 3.82. The first-order valence-corrected chi connectivity index (χ1v) is 5.25. The Kier molecular flexibility index (Phi) is 4.32. The summed E-state index contributed by atoms with van der Waals surface area (Å²) < 4.78 is 0. The highest BCUT2D eigenvalue weighted by molar-refractivity contribution is 5.89. The lowest BCUT2D eigenvalue weighted by atomic mass is 9.91. The van der Waals surface area contributed by atoms with E-state index < -0.39 is 0 Å². The molecule has 0 radical (unpaired) electrons. The van der Waals surface area contributed by atoms with Crippen LogP contribution in [0.15, 0.2) is 30.6 Å². The van der Waals surface area contributed by atoms with Gasteiger partial charge < -0.3 is 4.90 Å². The SMILES string of the molecule is C=C/N=C(\N(C=C)C(C)(C)C)C(C)(C)C. The van der Waals surface area contributed by atoms with Gasteiger partial charge in [-0.15, -0.1) is 0 Å². The van der Waals surface area contributed by atoms with Crippen LogP contribution in [0.2, 0.25) is 0 Å². The lowest BCUT2D eigenvalue weighted by Gasteiger charge is -2.40. The monoisotopic (exact) mass is 208 g/mol. The first-order chi connectivity index (χ1) is 6.64. The van der Waals surface area contributed by atoms with Crippen LogP contribution in [0.4, 0.5) is 0 Å².